The number of rotatable bonds is 1. The second kappa shape index (κ2) is 5.06. The highest BCUT2D eigenvalue weighted by atomic mass is 16.3. The Morgan fingerprint density at radius 3 is 2.70 bits per heavy atom. The van der Waals surface area contributed by atoms with Gasteiger partial charge in [0.05, 0.1) is 0 Å². The Balaban J connectivity index is 1.65. The van der Waals surface area contributed by atoms with Crippen LogP contribution >= 0.6 is 0 Å². The molecule has 3 nitrogen and oxygen atoms in total. The molecule has 4 rings (SSSR count). The number of hydrogen-bond acceptors (Lipinski definition) is 3. The van der Waals surface area contributed by atoms with Gasteiger partial charge in [-0.25, -0.2) is 0 Å². The third-order valence-corrected chi connectivity index (χ3v) is 7.51. The molecule has 0 radical (unpaired) electrons. The van der Waals surface area contributed by atoms with Crippen LogP contribution in [0.2, 0.25) is 0 Å². The topological polar surface area (TPSA) is 54.4 Å². The number of aliphatic hydroxyl groups excluding tert-OH is 1. The summed E-state index contributed by atoms with van der Waals surface area (Å²) in [6, 6.07) is 0. The molecule has 0 aliphatic heterocycles. The van der Waals surface area contributed by atoms with Gasteiger partial charge in [-0.15, -0.1) is 0 Å². The maximum absolute atomic E-state index is 12.5. The van der Waals surface area contributed by atoms with Crippen LogP contribution in [0.5, 0.6) is 0 Å². The van der Waals surface area contributed by atoms with Gasteiger partial charge in [-0.2, -0.15) is 0 Å². The fourth-order valence-corrected chi connectivity index (χ4v) is 6.60. The average Bonchev–Trinajstić information content (AvgIpc) is 2.83. The predicted molar refractivity (Wildman–Crippen MR) is 87.7 cm³/mol. The molecule has 6 atom stereocenters. The number of fused-ring (bicyclic) bond motifs is 5. The van der Waals surface area contributed by atoms with E-state index in [1.165, 1.54) is 6.08 Å². The molecule has 23 heavy (non-hydrogen) atoms. The van der Waals surface area contributed by atoms with Gasteiger partial charge in [0.15, 0.2) is 5.78 Å². The molecule has 4 aliphatic rings. The summed E-state index contributed by atoms with van der Waals surface area (Å²) in [5.41, 5.74) is 1.28. The van der Waals surface area contributed by atoms with Gasteiger partial charge in [-0.1, -0.05) is 12.5 Å². The zero-order chi connectivity index (χ0) is 16.4. The molecule has 0 aromatic heterocycles. The molecule has 0 heterocycles. The lowest BCUT2D eigenvalue weighted by atomic mass is 9.51. The van der Waals surface area contributed by atoms with Crippen LogP contribution in [-0.2, 0) is 9.59 Å². The number of carbonyl (C=O) groups excluding carboxylic acids is 2. The van der Waals surface area contributed by atoms with Gasteiger partial charge < -0.3 is 5.11 Å². The largest absolute Gasteiger partial charge is 0.508 e. The molecule has 0 aromatic rings. The van der Waals surface area contributed by atoms with Crippen molar-refractivity contribution in [1.29, 1.82) is 0 Å². The molecule has 124 valence electrons. The van der Waals surface area contributed by atoms with Crippen molar-refractivity contribution in [2.45, 2.75) is 52.4 Å². The van der Waals surface area contributed by atoms with Crippen LogP contribution in [0, 0.1) is 35.0 Å². The van der Waals surface area contributed by atoms with E-state index in [2.05, 4.69) is 6.92 Å². The molecule has 3 fully saturated rings. The van der Waals surface area contributed by atoms with Gasteiger partial charge in [-0.05, 0) is 74.7 Å². The van der Waals surface area contributed by atoms with E-state index < -0.39 is 0 Å². The van der Waals surface area contributed by atoms with Crippen molar-refractivity contribution in [1.82, 2.24) is 0 Å². The monoisotopic (exact) mass is 314 g/mol. The lowest BCUT2D eigenvalue weighted by Crippen LogP contribution is -2.48. The highest BCUT2D eigenvalue weighted by Crippen LogP contribution is 2.63. The van der Waals surface area contributed by atoms with Gasteiger partial charge in [0.25, 0.3) is 0 Å². The van der Waals surface area contributed by atoms with Crippen LogP contribution in [0.1, 0.15) is 52.4 Å². The zero-order valence-electron chi connectivity index (χ0n) is 14.0. The van der Waals surface area contributed by atoms with Crippen LogP contribution in [0.4, 0.5) is 0 Å². The van der Waals surface area contributed by atoms with Crippen molar-refractivity contribution in [3.8, 4) is 0 Å². The molecule has 0 bridgehead atoms. The van der Waals surface area contributed by atoms with Gasteiger partial charge >= 0.3 is 0 Å². The lowest BCUT2D eigenvalue weighted by molar-refractivity contribution is -0.129. The van der Waals surface area contributed by atoms with Crippen molar-refractivity contribution >= 4 is 11.6 Å². The van der Waals surface area contributed by atoms with E-state index in [0.29, 0.717) is 23.5 Å². The maximum Gasteiger partial charge on any atom is 0.166 e. The zero-order valence-corrected chi connectivity index (χ0v) is 14.0. The lowest BCUT2D eigenvalue weighted by Gasteiger charge is -2.53. The molecular formula is C20H26O3. The number of aliphatic hydroxyl groups is 1. The standard InChI is InChI=1S/C20H26O3/c1-11(21)16-5-6-17-14-4-3-12-9-13(22)10-18(23)19(12)15(14)7-8-20(16,17)2/h9-10,14-17,19,22H,3-8H2,1-2H3/t14?,15?,16-,17?,19?,20-/m1/s1. The van der Waals surface area contributed by atoms with Crippen LogP contribution in [0.25, 0.3) is 0 Å². The van der Waals surface area contributed by atoms with Crippen molar-refractivity contribution in [3.05, 3.63) is 23.5 Å². The third-order valence-electron chi connectivity index (χ3n) is 7.51. The Morgan fingerprint density at radius 1 is 1.17 bits per heavy atom. The normalized spacial score (nSPS) is 45.5. The van der Waals surface area contributed by atoms with Crippen LogP contribution < -0.4 is 0 Å². The first-order valence-corrected chi connectivity index (χ1v) is 9.07. The first-order valence-electron chi connectivity index (χ1n) is 9.07. The SMILES string of the molecule is CC(=O)[C@H]1CCC2C3CCC4=CC(O)=CC(=O)C4C3CC[C@@]21C. The molecule has 3 saturated carbocycles. The fraction of sp³-hybridized carbons (Fsp3) is 0.700. The number of carbonyl (C=O) groups is 2. The third kappa shape index (κ3) is 2.08. The van der Waals surface area contributed by atoms with E-state index in [1.807, 2.05) is 6.08 Å². The second-order valence-electron chi connectivity index (χ2n) is 8.43. The second-order valence-corrected chi connectivity index (χ2v) is 8.43. The van der Waals surface area contributed by atoms with E-state index in [-0.39, 0.29) is 28.8 Å². The smallest absolute Gasteiger partial charge is 0.166 e. The molecule has 3 heteroatoms. The summed E-state index contributed by atoms with van der Waals surface area (Å²) in [6.45, 7) is 4.08. The summed E-state index contributed by atoms with van der Waals surface area (Å²) in [4.78, 5) is 24.6. The molecule has 4 unspecified atom stereocenters. The van der Waals surface area contributed by atoms with Crippen LogP contribution in [-0.4, -0.2) is 16.7 Å². The van der Waals surface area contributed by atoms with Crippen molar-refractivity contribution in [2.24, 2.45) is 35.0 Å². The van der Waals surface area contributed by atoms with Gasteiger partial charge in [0.2, 0.25) is 0 Å². The number of Topliss-reactive ketones (excluding diaryl/α,β-unsaturated/α-hetero) is 1. The molecule has 1 N–H and O–H groups in total. The first-order chi connectivity index (χ1) is 10.9. The quantitative estimate of drug-likeness (QED) is 0.796. The summed E-state index contributed by atoms with van der Waals surface area (Å²) in [6.07, 6.45) is 9.55. The number of allylic oxidation sites excluding steroid dienone is 3. The van der Waals surface area contributed by atoms with E-state index in [9.17, 15) is 14.7 Å². The van der Waals surface area contributed by atoms with E-state index in [4.69, 9.17) is 0 Å². The van der Waals surface area contributed by atoms with E-state index in [0.717, 1.165) is 44.1 Å². The van der Waals surface area contributed by atoms with Gasteiger partial charge in [0.1, 0.15) is 11.5 Å². The maximum atomic E-state index is 12.5. The molecule has 0 saturated heterocycles. The van der Waals surface area contributed by atoms with Crippen molar-refractivity contribution in [3.63, 3.8) is 0 Å². The van der Waals surface area contributed by atoms with Crippen LogP contribution in [0.15, 0.2) is 23.5 Å². The van der Waals surface area contributed by atoms with Gasteiger partial charge in [-0.3, -0.25) is 9.59 Å². The molecular weight excluding hydrogens is 288 g/mol. The minimum absolute atomic E-state index is 0.00872. The van der Waals surface area contributed by atoms with E-state index in [1.54, 1.807) is 6.92 Å². The molecule has 0 aromatic carbocycles. The van der Waals surface area contributed by atoms with E-state index >= 15 is 0 Å². The van der Waals surface area contributed by atoms with Crippen molar-refractivity contribution < 1.29 is 14.7 Å². The molecule has 0 amide bonds. The fourth-order valence-electron chi connectivity index (χ4n) is 6.60. The number of ketones is 2. The molecule has 0 spiro atoms. The van der Waals surface area contributed by atoms with Gasteiger partial charge in [0, 0.05) is 17.9 Å². The number of hydrogen-bond donors (Lipinski definition) is 1. The Morgan fingerprint density at radius 2 is 1.96 bits per heavy atom. The van der Waals surface area contributed by atoms with Crippen LogP contribution in [0.3, 0.4) is 0 Å². The summed E-state index contributed by atoms with van der Waals surface area (Å²) >= 11 is 0. The average molecular weight is 314 g/mol. The summed E-state index contributed by atoms with van der Waals surface area (Å²) in [5, 5.41) is 9.73. The minimum Gasteiger partial charge on any atom is -0.508 e. The molecule has 4 aliphatic carbocycles. The Kier molecular flexibility index (Phi) is 3.33. The summed E-state index contributed by atoms with van der Waals surface area (Å²) in [5.74, 6) is 2.35. The Labute approximate surface area is 137 Å². The Bertz CT molecular complexity index is 629. The first kappa shape index (κ1) is 15.2. The summed E-state index contributed by atoms with van der Waals surface area (Å²) in [7, 11) is 0. The highest BCUT2D eigenvalue weighted by molar-refractivity contribution is 5.96. The Hall–Kier alpha value is -1.38. The highest BCUT2D eigenvalue weighted by Gasteiger charge is 2.57. The predicted octanol–water partition coefficient (Wildman–Crippen LogP) is 4.00. The minimum atomic E-state index is -0.00872. The summed E-state index contributed by atoms with van der Waals surface area (Å²) < 4.78 is 0. The van der Waals surface area contributed by atoms with Crippen molar-refractivity contribution in [2.75, 3.05) is 0 Å².